The molecule has 0 aliphatic rings. The number of carbonyl (C=O) groups is 1. The maximum absolute atomic E-state index is 15.6. The Hall–Kier alpha value is -4.20. The number of ether oxygens (including phenoxy) is 1. The Morgan fingerprint density at radius 3 is 2.61 bits per heavy atom. The fourth-order valence-corrected chi connectivity index (χ4v) is 3.80. The minimum atomic E-state index is -1.59. The van der Waals surface area contributed by atoms with Crippen molar-refractivity contribution in [1.29, 1.82) is 0 Å². The van der Waals surface area contributed by atoms with Gasteiger partial charge in [-0.2, -0.15) is 0 Å². The molecule has 0 N–H and O–H groups in total. The fourth-order valence-electron chi connectivity index (χ4n) is 3.80. The Labute approximate surface area is 186 Å². The molecule has 8 heteroatoms. The van der Waals surface area contributed by atoms with Crippen molar-refractivity contribution in [2.75, 3.05) is 7.11 Å². The lowest BCUT2D eigenvalue weighted by molar-refractivity contribution is 0.0595. The summed E-state index contributed by atoms with van der Waals surface area (Å²) in [7, 11) is 1.15. The Balaban J connectivity index is 1.59. The molecule has 0 fully saturated rings. The monoisotopic (exact) mass is 447 g/mol. The SMILES string of the molecule is COC(=O)c1ccc(-c2cc(F)c3ncc(C(F)c4ccc5ncccc5c4)n3c2)cc1F. The molecule has 0 saturated carbocycles. The second kappa shape index (κ2) is 8.05. The molecule has 5 rings (SSSR count). The van der Waals surface area contributed by atoms with Crippen LogP contribution in [0.25, 0.3) is 27.7 Å². The molecular weight excluding hydrogens is 431 g/mol. The number of carbonyl (C=O) groups excluding carboxylic acids is 1. The van der Waals surface area contributed by atoms with Crippen LogP contribution >= 0.6 is 0 Å². The number of fused-ring (bicyclic) bond motifs is 2. The van der Waals surface area contributed by atoms with Crippen molar-refractivity contribution in [1.82, 2.24) is 14.4 Å². The molecule has 0 radical (unpaired) electrons. The molecule has 0 saturated heterocycles. The third-order valence-electron chi connectivity index (χ3n) is 5.48. The molecular formula is C25H16F3N3O2. The molecule has 0 amide bonds. The Morgan fingerprint density at radius 2 is 1.82 bits per heavy atom. The van der Waals surface area contributed by atoms with Gasteiger partial charge in [0.15, 0.2) is 17.6 Å². The van der Waals surface area contributed by atoms with Crippen molar-refractivity contribution < 1.29 is 22.7 Å². The van der Waals surface area contributed by atoms with E-state index in [-0.39, 0.29) is 16.9 Å². The minimum Gasteiger partial charge on any atom is -0.465 e. The third kappa shape index (κ3) is 3.59. The molecule has 0 bridgehead atoms. The molecule has 5 aromatic rings. The predicted molar refractivity (Wildman–Crippen MR) is 117 cm³/mol. The summed E-state index contributed by atoms with van der Waals surface area (Å²) in [6.45, 7) is 0. The first-order valence-corrected chi connectivity index (χ1v) is 10.00. The molecule has 0 aliphatic heterocycles. The zero-order valence-electron chi connectivity index (χ0n) is 17.3. The average molecular weight is 447 g/mol. The smallest absolute Gasteiger partial charge is 0.340 e. The second-order valence-electron chi connectivity index (χ2n) is 7.46. The van der Waals surface area contributed by atoms with Gasteiger partial charge >= 0.3 is 5.97 Å². The van der Waals surface area contributed by atoms with Crippen molar-refractivity contribution in [3.05, 3.63) is 102 Å². The summed E-state index contributed by atoms with van der Waals surface area (Å²) in [6.07, 6.45) is 2.84. The van der Waals surface area contributed by atoms with Crippen LogP contribution in [-0.2, 0) is 4.74 Å². The lowest BCUT2D eigenvalue weighted by Crippen LogP contribution is -2.04. The number of rotatable bonds is 4. The molecule has 0 spiro atoms. The van der Waals surface area contributed by atoms with Crippen molar-refractivity contribution in [2.45, 2.75) is 6.17 Å². The topological polar surface area (TPSA) is 56.5 Å². The zero-order chi connectivity index (χ0) is 23.1. The van der Waals surface area contributed by atoms with Crippen molar-refractivity contribution in [3.8, 4) is 11.1 Å². The van der Waals surface area contributed by atoms with Gasteiger partial charge in [-0.1, -0.05) is 18.2 Å². The van der Waals surface area contributed by atoms with Crippen LogP contribution in [0.15, 0.2) is 73.2 Å². The Kier molecular flexibility index (Phi) is 5.05. The second-order valence-corrected chi connectivity index (χ2v) is 7.46. The number of hydrogen-bond acceptors (Lipinski definition) is 4. The van der Waals surface area contributed by atoms with Crippen LogP contribution in [0.1, 0.15) is 27.8 Å². The summed E-state index contributed by atoms with van der Waals surface area (Å²) in [4.78, 5) is 19.9. The molecule has 164 valence electrons. The van der Waals surface area contributed by atoms with E-state index in [1.165, 1.54) is 35.0 Å². The summed E-state index contributed by atoms with van der Waals surface area (Å²) in [5.74, 6) is -2.31. The van der Waals surface area contributed by atoms with Gasteiger partial charge in [-0.15, -0.1) is 0 Å². The highest BCUT2D eigenvalue weighted by atomic mass is 19.1. The number of halogens is 3. The normalized spacial score (nSPS) is 12.2. The summed E-state index contributed by atoms with van der Waals surface area (Å²) in [5, 5.41) is 0.777. The van der Waals surface area contributed by atoms with Gasteiger partial charge in [0, 0.05) is 23.3 Å². The van der Waals surface area contributed by atoms with Gasteiger partial charge in [0.05, 0.1) is 30.1 Å². The van der Waals surface area contributed by atoms with Crippen LogP contribution in [-0.4, -0.2) is 27.4 Å². The average Bonchev–Trinajstić information content (AvgIpc) is 3.27. The molecule has 3 heterocycles. The van der Waals surface area contributed by atoms with E-state index in [9.17, 15) is 13.6 Å². The van der Waals surface area contributed by atoms with Gasteiger partial charge in [0.2, 0.25) is 0 Å². The lowest BCUT2D eigenvalue weighted by atomic mass is 10.0. The standard InChI is InChI=1S/C25H16F3N3O2/c1-33-25(32)18-6-4-14(10-19(18)26)17-11-20(27)24-30-12-22(31(24)13-17)23(28)16-5-7-21-15(9-16)3-2-8-29-21/h2-13,23H,1H3. The molecule has 1 unspecified atom stereocenters. The molecule has 1 atom stereocenters. The third-order valence-corrected chi connectivity index (χ3v) is 5.48. The van der Waals surface area contributed by atoms with Crippen LogP contribution in [0.5, 0.6) is 0 Å². The van der Waals surface area contributed by atoms with E-state index in [1.54, 1.807) is 30.5 Å². The maximum atomic E-state index is 15.6. The first-order chi connectivity index (χ1) is 16.0. The number of aromatic nitrogens is 3. The molecule has 33 heavy (non-hydrogen) atoms. The van der Waals surface area contributed by atoms with E-state index in [1.807, 2.05) is 6.07 Å². The van der Waals surface area contributed by atoms with Crippen LogP contribution in [0, 0.1) is 11.6 Å². The van der Waals surface area contributed by atoms with E-state index in [2.05, 4.69) is 14.7 Å². The quantitative estimate of drug-likeness (QED) is 0.333. The zero-order valence-corrected chi connectivity index (χ0v) is 17.3. The first-order valence-electron chi connectivity index (χ1n) is 10.00. The number of nitrogens with zero attached hydrogens (tertiary/aromatic N) is 3. The van der Waals surface area contributed by atoms with Crippen LogP contribution in [0.3, 0.4) is 0 Å². The van der Waals surface area contributed by atoms with Crippen molar-refractivity contribution in [2.24, 2.45) is 0 Å². The number of benzene rings is 2. The first kappa shape index (κ1) is 20.7. The van der Waals surface area contributed by atoms with Crippen LogP contribution in [0.2, 0.25) is 0 Å². The maximum Gasteiger partial charge on any atom is 0.340 e. The van der Waals surface area contributed by atoms with Gasteiger partial charge in [-0.05, 0) is 47.5 Å². The minimum absolute atomic E-state index is 0.0505. The largest absolute Gasteiger partial charge is 0.465 e. The number of esters is 1. The van der Waals surface area contributed by atoms with Crippen molar-refractivity contribution in [3.63, 3.8) is 0 Å². The van der Waals surface area contributed by atoms with Crippen molar-refractivity contribution >= 4 is 22.5 Å². The molecule has 0 aliphatic carbocycles. The Morgan fingerprint density at radius 1 is 1.00 bits per heavy atom. The summed E-state index contributed by atoms with van der Waals surface area (Å²) in [5.41, 5.74) is 1.55. The number of imidazole rings is 1. The Bertz CT molecular complexity index is 1530. The van der Waals surface area contributed by atoms with Gasteiger partial charge in [-0.25, -0.2) is 22.9 Å². The molecule has 5 nitrogen and oxygen atoms in total. The summed E-state index contributed by atoms with van der Waals surface area (Å²) >= 11 is 0. The van der Waals surface area contributed by atoms with Crippen LogP contribution in [0.4, 0.5) is 13.2 Å². The number of hydrogen-bond donors (Lipinski definition) is 0. The van der Waals surface area contributed by atoms with Crippen LogP contribution < -0.4 is 0 Å². The molecule has 2 aromatic carbocycles. The van der Waals surface area contributed by atoms with E-state index in [4.69, 9.17) is 0 Å². The highest BCUT2D eigenvalue weighted by Crippen LogP contribution is 2.31. The van der Waals surface area contributed by atoms with E-state index >= 15 is 4.39 Å². The highest BCUT2D eigenvalue weighted by molar-refractivity contribution is 5.90. The summed E-state index contributed by atoms with van der Waals surface area (Å²) in [6, 6.07) is 13.6. The van der Waals surface area contributed by atoms with Gasteiger partial charge in [-0.3, -0.25) is 9.38 Å². The van der Waals surface area contributed by atoms with Gasteiger partial charge in [0.25, 0.3) is 0 Å². The lowest BCUT2D eigenvalue weighted by Gasteiger charge is -2.12. The van der Waals surface area contributed by atoms with Gasteiger partial charge < -0.3 is 4.74 Å². The number of pyridine rings is 2. The fraction of sp³-hybridized carbons (Fsp3) is 0.0800. The molecule has 3 aromatic heterocycles. The van der Waals surface area contributed by atoms with Gasteiger partial charge in [0.1, 0.15) is 5.82 Å². The van der Waals surface area contributed by atoms with E-state index in [0.717, 1.165) is 24.1 Å². The van der Waals surface area contributed by atoms with E-state index < -0.39 is 23.8 Å². The van der Waals surface area contributed by atoms with E-state index in [0.29, 0.717) is 16.7 Å². The summed E-state index contributed by atoms with van der Waals surface area (Å²) < 4.78 is 50.6. The number of alkyl halides is 1. The highest BCUT2D eigenvalue weighted by Gasteiger charge is 2.21. The predicted octanol–water partition coefficient (Wildman–Crippen LogP) is 5.67. The number of methoxy groups -OCH3 is 1.